The Bertz CT molecular complexity index is 1410. The van der Waals surface area contributed by atoms with Gasteiger partial charge in [0.25, 0.3) is 0 Å². The molecular formula is C23H23ClN4O4S. The van der Waals surface area contributed by atoms with Crippen molar-refractivity contribution in [3.8, 4) is 0 Å². The highest BCUT2D eigenvalue weighted by molar-refractivity contribution is 7.88. The number of carbonyl (C=O) groups is 2. The number of pyridine rings is 1. The van der Waals surface area contributed by atoms with Crippen molar-refractivity contribution < 1.29 is 18.0 Å². The summed E-state index contributed by atoms with van der Waals surface area (Å²) in [6.45, 7) is 0.591. The Morgan fingerprint density at radius 2 is 2.00 bits per heavy atom. The molecule has 10 heteroatoms. The molecule has 2 amide bonds. The number of halogens is 1. The number of aryl methyl sites for hydroxylation is 1. The second-order valence-corrected chi connectivity index (χ2v) is 11.2. The van der Waals surface area contributed by atoms with Crippen LogP contribution in [0, 0.1) is 0 Å². The minimum absolute atomic E-state index is 0.000989. The first-order valence-corrected chi connectivity index (χ1v) is 12.9. The molecule has 0 unspecified atom stereocenters. The number of carbonyl (C=O) groups excluding carboxylic acids is 2. The van der Waals surface area contributed by atoms with Gasteiger partial charge in [0, 0.05) is 47.8 Å². The van der Waals surface area contributed by atoms with E-state index in [1.54, 1.807) is 23.4 Å². The van der Waals surface area contributed by atoms with Gasteiger partial charge in [0.05, 0.1) is 30.1 Å². The van der Waals surface area contributed by atoms with E-state index in [2.05, 4.69) is 4.98 Å². The third-order valence-corrected chi connectivity index (χ3v) is 8.11. The van der Waals surface area contributed by atoms with Crippen LogP contribution < -0.4 is 4.90 Å². The Hall–Kier alpha value is -2.91. The first-order chi connectivity index (χ1) is 15.6. The Morgan fingerprint density at radius 3 is 2.70 bits per heavy atom. The van der Waals surface area contributed by atoms with Crippen LogP contribution in [0.15, 0.2) is 42.7 Å². The van der Waals surface area contributed by atoms with E-state index in [-0.39, 0.29) is 18.9 Å². The summed E-state index contributed by atoms with van der Waals surface area (Å²) >= 11 is 6.20. The number of aromatic nitrogens is 2. The number of anilines is 1. The monoisotopic (exact) mass is 486 g/mol. The van der Waals surface area contributed by atoms with Gasteiger partial charge < -0.3 is 9.47 Å². The van der Waals surface area contributed by atoms with Gasteiger partial charge in [-0.05, 0) is 48.7 Å². The topological polar surface area (TPSA) is 92.6 Å². The van der Waals surface area contributed by atoms with E-state index < -0.39 is 21.3 Å². The van der Waals surface area contributed by atoms with Crippen molar-refractivity contribution in [1.29, 1.82) is 0 Å². The van der Waals surface area contributed by atoms with Crippen LogP contribution in [0.2, 0.25) is 5.02 Å². The zero-order valence-corrected chi connectivity index (χ0v) is 19.9. The van der Waals surface area contributed by atoms with E-state index in [9.17, 15) is 18.0 Å². The molecule has 2 aromatic heterocycles. The number of sulfonamides is 1. The van der Waals surface area contributed by atoms with Crippen LogP contribution >= 0.6 is 11.6 Å². The third-order valence-electron chi connectivity index (χ3n) is 6.68. The van der Waals surface area contributed by atoms with Crippen LogP contribution in [0.3, 0.4) is 0 Å². The number of amides is 2. The minimum atomic E-state index is -3.62. The fourth-order valence-corrected chi connectivity index (χ4v) is 5.30. The molecule has 1 aliphatic heterocycles. The van der Waals surface area contributed by atoms with Gasteiger partial charge in [0.15, 0.2) is 0 Å². The molecule has 5 rings (SSSR count). The highest BCUT2D eigenvalue weighted by Crippen LogP contribution is 2.57. The summed E-state index contributed by atoms with van der Waals surface area (Å²) < 4.78 is 26.2. The summed E-state index contributed by atoms with van der Waals surface area (Å²) in [7, 11) is -2.36. The molecule has 3 aromatic rings. The SMILES string of the molecule is CN(C(=O)CCn1c(CN2C(=O)C3(CC3)c3ccncc32)cc2cc(Cl)ccc21)S(C)(=O)=O. The molecule has 2 aliphatic rings. The Balaban J connectivity index is 1.50. The Kier molecular flexibility index (Phi) is 5.02. The van der Waals surface area contributed by atoms with Gasteiger partial charge in [0.2, 0.25) is 21.8 Å². The number of rotatable bonds is 6. The highest BCUT2D eigenvalue weighted by Gasteiger charge is 2.59. The smallest absolute Gasteiger partial charge is 0.238 e. The summed E-state index contributed by atoms with van der Waals surface area (Å²) in [5.41, 5.74) is 3.12. The maximum Gasteiger partial charge on any atom is 0.238 e. The van der Waals surface area contributed by atoms with Crippen molar-refractivity contribution in [2.45, 2.75) is 37.8 Å². The predicted octanol–water partition coefficient (Wildman–Crippen LogP) is 3.08. The fraction of sp³-hybridized carbons (Fsp3) is 0.348. The lowest BCUT2D eigenvalue weighted by molar-refractivity contribution is -0.125. The van der Waals surface area contributed by atoms with Crippen LogP contribution in [0.1, 0.15) is 30.5 Å². The molecule has 1 saturated carbocycles. The summed E-state index contributed by atoms with van der Waals surface area (Å²) in [4.78, 5) is 31.8. The molecule has 172 valence electrons. The average molecular weight is 487 g/mol. The van der Waals surface area contributed by atoms with Gasteiger partial charge >= 0.3 is 0 Å². The third kappa shape index (κ3) is 3.59. The van der Waals surface area contributed by atoms with Crippen molar-refractivity contribution in [1.82, 2.24) is 13.9 Å². The largest absolute Gasteiger partial charge is 0.342 e. The number of hydrogen-bond acceptors (Lipinski definition) is 5. The van der Waals surface area contributed by atoms with E-state index in [0.29, 0.717) is 11.6 Å². The second kappa shape index (κ2) is 7.56. The number of hydrogen-bond donors (Lipinski definition) is 0. The molecule has 0 saturated heterocycles. The molecule has 0 atom stereocenters. The van der Waals surface area contributed by atoms with Gasteiger partial charge in [-0.3, -0.25) is 14.6 Å². The summed E-state index contributed by atoms with van der Waals surface area (Å²) in [5, 5.41) is 1.48. The minimum Gasteiger partial charge on any atom is -0.342 e. The van der Waals surface area contributed by atoms with E-state index in [1.807, 2.05) is 28.8 Å². The summed E-state index contributed by atoms with van der Waals surface area (Å²) in [5.74, 6) is -0.420. The molecule has 3 heterocycles. The van der Waals surface area contributed by atoms with Gasteiger partial charge in [-0.25, -0.2) is 12.7 Å². The molecule has 8 nitrogen and oxygen atoms in total. The van der Waals surface area contributed by atoms with Crippen LogP contribution in [-0.4, -0.2) is 47.4 Å². The Morgan fingerprint density at radius 1 is 1.24 bits per heavy atom. The quantitative estimate of drug-likeness (QED) is 0.534. The van der Waals surface area contributed by atoms with Crippen molar-refractivity contribution in [3.63, 3.8) is 0 Å². The number of benzene rings is 1. The van der Waals surface area contributed by atoms with Crippen molar-refractivity contribution in [3.05, 3.63) is 59.0 Å². The van der Waals surface area contributed by atoms with Gasteiger partial charge in [-0.15, -0.1) is 0 Å². The zero-order chi connectivity index (χ0) is 23.5. The molecule has 1 aliphatic carbocycles. The first-order valence-electron chi connectivity index (χ1n) is 10.6. The zero-order valence-electron chi connectivity index (χ0n) is 18.3. The van der Waals surface area contributed by atoms with Crippen molar-refractivity contribution in [2.75, 3.05) is 18.2 Å². The van der Waals surface area contributed by atoms with E-state index in [1.165, 1.54) is 7.05 Å². The maximum atomic E-state index is 13.3. The second-order valence-electron chi connectivity index (χ2n) is 8.73. The van der Waals surface area contributed by atoms with Gasteiger partial charge in [-0.1, -0.05) is 11.6 Å². The highest BCUT2D eigenvalue weighted by atomic mass is 35.5. The predicted molar refractivity (Wildman–Crippen MR) is 126 cm³/mol. The molecule has 0 N–H and O–H groups in total. The summed E-state index contributed by atoms with van der Waals surface area (Å²) in [6.07, 6.45) is 6.13. The first kappa shape index (κ1) is 21.9. The fourth-order valence-electron chi connectivity index (χ4n) is 4.66. The standard InChI is InChI=1S/C23H23ClN4O4S/c1-26(33(2,31)32)21(29)6-10-27-17(12-15-11-16(24)3-4-19(15)27)14-28-20-13-25-9-5-18(20)23(7-8-23)22(28)30/h3-5,9,11-13H,6-8,10,14H2,1-2H3. The number of fused-ring (bicyclic) bond motifs is 3. The van der Waals surface area contributed by atoms with Gasteiger partial charge in [-0.2, -0.15) is 0 Å². The lowest BCUT2D eigenvalue weighted by atomic mass is 9.99. The number of nitrogens with zero attached hydrogens (tertiary/aromatic N) is 4. The van der Waals surface area contributed by atoms with Crippen molar-refractivity contribution >= 4 is 50.0 Å². The normalized spacial score (nSPS) is 16.5. The van der Waals surface area contributed by atoms with Crippen molar-refractivity contribution in [2.24, 2.45) is 0 Å². The summed E-state index contributed by atoms with van der Waals surface area (Å²) in [6, 6.07) is 9.37. The molecule has 33 heavy (non-hydrogen) atoms. The average Bonchev–Trinajstić information content (AvgIpc) is 3.46. The molecule has 0 radical (unpaired) electrons. The van der Waals surface area contributed by atoms with Crippen LogP contribution in [-0.2, 0) is 38.1 Å². The van der Waals surface area contributed by atoms with E-state index in [0.717, 1.165) is 51.3 Å². The lowest BCUT2D eigenvalue weighted by Gasteiger charge is -2.20. The molecule has 1 spiro atoms. The van der Waals surface area contributed by atoms with Crippen LogP contribution in [0.25, 0.3) is 10.9 Å². The van der Waals surface area contributed by atoms with Crippen LogP contribution in [0.5, 0.6) is 0 Å². The maximum absolute atomic E-state index is 13.3. The molecule has 1 fully saturated rings. The van der Waals surface area contributed by atoms with E-state index >= 15 is 0 Å². The molecular weight excluding hydrogens is 464 g/mol. The van der Waals surface area contributed by atoms with E-state index in [4.69, 9.17) is 11.6 Å². The van der Waals surface area contributed by atoms with Gasteiger partial charge in [0.1, 0.15) is 0 Å². The molecule has 1 aromatic carbocycles. The van der Waals surface area contributed by atoms with Crippen LogP contribution in [0.4, 0.5) is 5.69 Å². The Labute approximate surface area is 196 Å². The molecule has 0 bridgehead atoms. The lowest BCUT2D eigenvalue weighted by Crippen LogP contribution is -2.33.